The normalized spacial score (nSPS) is 15.7. The van der Waals surface area contributed by atoms with Crippen LogP contribution in [0, 0.1) is 0 Å². The van der Waals surface area contributed by atoms with Gasteiger partial charge in [-0.15, -0.1) is 0 Å². The molecule has 0 aromatic heterocycles. The molecule has 6 heteroatoms. The van der Waals surface area contributed by atoms with Crippen LogP contribution >= 0.6 is 23.5 Å². The van der Waals surface area contributed by atoms with E-state index in [2.05, 4.69) is 4.90 Å². The van der Waals surface area contributed by atoms with Crippen molar-refractivity contribution in [2.45, 2.75) is 13.0 Å². The summed E-state index contributed by atoms with van der Waals surface area (Å²) in [5, 5.41) is 0.265. The first-order chi connectivity index (χ1) is 10.7. The summed E-state index contributed by atoms with van der Waals surface area (Å²) in [4.78, 5) is 25.1. The number of carbonyl (C=O) groups excluding carboxylic acids is 2. The molecule has 22 heavy (non-hydrogen) atoms. The van der Waals surface area contributed by atoms with E-state index in [1.54, 1.807) is 11.8 Å². The number of benzene rings is 1. The summed E-state index contributed by atoms with van der Waals surface area (Å²) in [5.74, 6) is 2.46. The molecule has 0 aliphatic carbocycles. The lowest BCUT2D eigenvalue weighted by molar-refractivity contribution is -0.144. The predicted octanol–water partition coefficient (Wildman–Crippen LogP) is 2.43. The van der Waals surface area contributed by atoms with Crippen LogP contribution in [0.1, 0.15) is 12.0 Å². The highest BCUT2D eigenvalue weighted by Crippen LogP contribution is 2.12. The average Bonchev–Trinajstić information content (AvgIpc) is 2.54. The van der Waals surface area contributed by atoms with E-state index in [9.17, 15) is 9.59 Å². The van der Waals surface area contributed by atoms with Crippen LogP contribution in [0.15, 0.2) is 30.3 Å². The summed E-state index contributed by atoms with van der Waals surface area (Å²) in [5.41, 5.74) is 1.01. The molecule has 1 aromatic rings. The van der Waals surface area contributed by atoms with Crippen molar-refractivity contribution in [2.75, 3.05) is 36.9 Å². The van der Waals surface area contributed by atoms with Gasteiger partial charge in [-0.1, -0.05) is 42.1 Å². The standard InChI is InChI=1S/C16H21NO3S2/c18-15(20-13-14-4-2-1-3-5-14)6-9-21-10-7-17-8-11-22-16(19)12-17/h1-5H,6-13H2. The summed E-state index contributed by atoms with van der Waals surface area (Å²) < 4.78 is 5.23. The SMILES string of the molecule is O=C(CCSCCN1CCSC(=O)C1)OCc1ccccc1. The van der Waals surface area contributed by atoms with Crippen LogP contribution in [0.5, 0.6) is 0 Å². The quantitative estimate of drug-likeness (QED) is 0.535. The van der Waals surface area contributed by atoms with Gasteiger partial charge in [0.1, 0.15) is 6.61 Å². The van der Waals surface area contributed by atoms with Crippen molar-refractivity contribution in [1.82, 2.24) is 4.90 Å². The molecule has 1 saturated heterocycles. The molecule has 0 N–H and O–H groups in total. The van der Waals surface area contributed by atoms with Crippen LogP contribution in [0.2, 0.25) is 0 Å². The molecular weight excluding hydrogens is 318 g/mol. The van der Waals surface area contributed by atoms with E-state index >= 15 is 0 Å². The third-order valence-electron chi connectivity index (χ3n) is 3.27. The third-order valence-corrected chi connectivity index (χ3v) is 5.07. The summed E-state index contributed by atoms with van der Waals surface area (Å²) >= 11 is 3.16. The minimum Gasteiger partial charge on any atom is -0.461 e. The third kappa shape index (κ3) is 6.85. The number of esters is 1. The molecule has 1 fully saturated rings. The predicted molar refractivity (Wildman–Crippen MR) is 92.1 cm³/mol. The van der Waals surface area contributed by atoms with Crippen LogP contribution in [0.4, 0.5) is 0 Å². The Kier molecular flexibility index (Phi) is 7.83. The molecule has 1 heterocycles. The molecule has 0 atom stereocenters. The number of nitrogens with zero attached hydrogens (tertiary/aromatic N) is 1. The van der Waals surface area contributed by atoms with Crippen LogP contribution in [0.25, 0.3) is 0 Å². The minimum atomic E-state index is -0.152. The van der Waals surface area contributed by atoms with Gasteiger partial charge in [-0.25, -0.2) is 0 Å². The zero-order valence-electron chi connectivity index (χ0n) is 12.5. The highest BCUT2D eigenvalue weighted by molar-refractivity contribution is 8.13. The van der Waals surface area contributed by atoms with Crippen molar-refractivity contribution >= 4 is 34.6 Å². The lowest BCUT2D eigenvalue weighted by Gasteiger charge is -2.24. The molecule has 1 aliphatic rings. The second-order valence-corrected chi connectivity index (χ2v) is 7.38. The fourth-order valence-electron chi connectivity index (χ4n) is 2.05. The van der Waals surface area contributed by atoms with Gasteiger partial charge in [0.2, 0.25) is 5.12 Å². The van der Waals surface area contributed by atoms with Gasteiger partial charge < -0.3 is 4.74 Å². The molecule has 0 saturated carbocycles. The molecule has 0 bridgehead atoms. The number of carbonyl (C=O) groups is 2. The highest BCUT2D eigenvalue weighted by Gasteiger charge is 2.16. The first-order valence-electron chi connectivity index (χ1n) is 7.39. The van der Waals surface area contributed by atoms with Crippen LogP contribution < -0.4 is 0 Å². The van der Waals surface area contributed by atoms with Crippen LogP contribution in [-0.2, 0) is 20.9 Å². The molecule has 1 aromatic carbocycles. The first kappa shape index (κ1) is 17.4. The Balaban J connectivity index is 1.49. The summed E-state index contributed by atoms with van der Waals surface area (Å²) in [7, 11) is 0. The van der Waals surface area contributed by atoms with Gasteiger partial charge in [0.05, 0.1) is 13.0 Å². The monoisotopic (exact) mass is 339 g/mol. The molecule has 120 valence electrons. The Morgan fingerprint density at radius 1 is 1.27 bits per heavy atom. The van der Waals surface area contributed by atoms with Gasteiger partial charge in [-0.3, -0.25) is 14.5 Å². The van der Waals surface area contributed by atoms with E-state index in [0.29, 0.717) is 19.6 Å². The van der Waals surface area contributed by atoms with Gasteiger partial charge in [0.15, 0.2) is 0 Å². The topological polar surface area (TPSA) is 46.6 Å². The van der Waals surface area contributed by atoms with Gasteiger partial charge in [-0.05, 0) is 5.56 Å². The number of hydrogen-bond donors (Lipinski definition) is 0. The molecule has 2 rings (SSSR count). The van der Waals surface area contributed by atoms with Crippen molar-refractivity contribution in [3.05, 3.63) is 35.9 Å². The number of thioether (sulfide) groups is 2. The fourth-order valence-corrected chi connectivity index (χ4v) is 3.80. The first-order valence-corrected chi connectivity index (χ1v) is 9.53. The highest BCUT2D eigenvalue weighted by atomic mass is 32.2. The van der Waals surface area contributed by atoms with Crippen molar-refractivity contribution in [3.63, 3.8) is 0 Å². The molecule has 1 aliphatic heterocycles. The van der Waals surface area contributed by atoms with Gasteiger partial charge >= 0.3 is 5.97 Å². The van der Waals surface area contributed by atoms with Crippen molar-refractivity contribution in [3.8, 4) is 0 Å². The Morgan fingerprint density at radius 2 is 2.09 bits per heavy atom. The lowest BCUT2D eigenvalue weighted by atomic mass is 10.2. The minimum absolute atomic E-state index is 0.152. The molecule has 0 amide bonds. The van der Waals surface area contributed by atoms with Crippen molar-refractivity contribution < 1.29 is 14.3 Å². The Bertz CT molecular complexity index is 482. The molecule has 0 spiro atoms. The van der Waals surface area contributed by atoms with Crippen LogP contribution in [-0.4, -0.2) is 52.9 Å². The zero-order chi connectivity index (χ0) is 15.6. The Morgan fingerprint density at radius 3 is 2.86 bits per heavy atom. The summed E-state index contributed by atoms with van der Waals surface area (Å²) in [6.45, 7) is 2.80. The van der Waals surface area contributed by atoms with Gasteiger partial charge in [-0.2, -0.15) is 11.8 Å². The van der Waals surface area contributed by atoms with E-state index in [4.69, 9.17) is 4.74 Å². The van der Waals surface area contributed by atoms with E-state index in [1.807, 2.05) is 30.3 Å². The largest absolute Gasteiger partial charge is 0.461 e. The van der Waals surface area contributed by atoms with Gasteiger partial charge in [0.25, 0.3) is 0 Å². The second kappa shape index (κ2) is 9.92. The van der Waals surface area contributed by atoms with Crippen LogP contribution in [0.3, 0.4) is 0 Å². The Hall–Kier alpha value is -0.980. The summed E-state index contributed by atoms with van der Waals surface area (Å²) in [6.07, 6.45) is 0.437. The zero-order valence-corrected chi connectivity index (χ0v) is 14.2. The maximum atomic E-state index is 11.6. The van der Waals surface area contributed by atoms with Crippen molar-refractivity contribution in [2.24, 2.45) is 0 Å². The number of rotatable bonds is 8. The lowest BCUT2D eigenvalue weighted by Crippen LogP contribution is -2.36. The average molecular weight is 339 g/mol. The Labute approximate surface area is 140 Å². The maximum Gasteiger partial charge on any atom is 0.306 e. The smallest absolute Gasteiger partial charge is 0.306 e. The second-order valence-electron chi connectivity index (χ2n) is 5.01. The number of hydrogen-bond acceptors (Lipinski definition) is 6. The maximum absolute atomic E-state index is 11.6. The summed E-state index contributed by atoms with van der Waals surface area (Å²) in [6, 6.07) is 9.70. The van der Waals surface area contributed by atoms with E-state index in [-0.39, 0.29) is 11.1 Å². The molecule has 4 nitrogen and oxygen atoms in total. The van der Waals surface area contributed by atoms with E-state index < -0.39 is 0 Å². The van der Waals surface area contributed by atoms with Crippen molar-refractivity contribution in [1.29, 1.82) is 0 Å². The molecule has 0 radical (unpaired) electrons. The van der Waals surface area contributed by atoms with Gasteiger partial charge in [0, 0.05) is 30.3 Å². The number of ether oxygens (including phenoxy) is 1. The fraction of sp³-hybridized carbons (Fsp3) is 0.500. The molecular formula is C16H21NO3S2. The molecule has 0 unspecified atom stereocenters. The van der Waals surface area contributed by atoms with E-state index in [1.165, 1.54) is 11.8 Å². The van der Waals surface area contributed by atoms with E-state index in [0.717, 1.165) is 35.9 Å².